The van der Waals surface area contributed by atoms with Crippen LogP contribution < -0.4 is 14.4 Å². The van der Waals surface area contributed by atoms with Crippen LogP contribution in [0.1, 0.15) is 45.1 Å². The number of ether oxygens (including phenoxy) is 2. The van der Waals surface area contributed by atoms with Gasteiger partial charge in [-0.05, 0) is 12.8 Å². The van der Waals surface area contributed by atoms with Crippen LogP contribution in [0.4, 0.5) is 5.69 Å². The van der Waals surface area contributed by atoms with Gasteiger partial charge in [-0.3, -0.25) is 0 Å². The van der Waals surface area contributed by atoms with Gasteiger partial charge in [-0.1, -0.05) is 39.3 Å². The summed E-state index contributed by atoms with van der Waals surface area (Å²) in [6.07, 6.45) is 6.56. The molecular weight excluding hydrogens is 262 g/mol. The maximum absolute atomic E-state index is 5.50. The van der Waals surface area contributed by atoms with Crippen LogP contribution in [0.3, 0.4) is 0 Å². The van der Waals surface area contributed by atoms with Gasteiger partial charge in [-0.15, -0.1) is 0 Å². The summed E-state index contributed by atoms with van der Waals surface area (Å²) >= 11 is 0. The summed E-state index contributed by atoms with van der Waals surface area (Å²) in [5.74, 6) is 1.63. The Hall–Kier alpha value is -1.64. The van der Waals surface area contributed by atoms with E-state index in [0.29, 0.717) is 0 Å². The van der Waals surface area contributed by atoms with Crippen molar-refractivity contribution < 1.29 is 9.47 Å². The van der Waals surface area contributed by atoms with Crippen molar-refractivity contribution in [2.24, 2.45) is 0 Å². The number of anilines is 1. The van der Waals surface area contributed by atoms with Crippen molar-refractivity contribution in [1.29, 1.82) is 0 Å². The van der Waals surface area contributed by atoms with Crippen LogP contribution in [-0.4, -0.2) is 27.3 Å². The molecule has 0 N–H and O–H groups in total. The summed E-state index contributed by atoms with van der Waals surface area (Å²) in [4.78, 5) is 2.42. The van der Waals surface area contributed by atoms with Gasteiger partial charge in [0.05, 0.1) is 19.8 Å². The number of benzene rings is 1. The van der Waals surface area contributed by atoms with Crippen molar-refractivity contribution in [2.75, 3.05) is 32.2 Å². The Morgan fingerprint density at radius 2 is 1.48 bits per heavy atom. The molecule has 21 heavy (non-hydrogen) atoms. The lowest BCUT2D eigenvalue weighted by Gasteiger charge is -2.26. The molecule has 1 rings (SSSR count). The number of nitrogens with zero attached hydrogens (tertiary/aromatic N) is 1. The number of unbranched alkanes of at least 4 members (excludes halogenated alkanes) is 2. The fraction of sp³-hybridized carbons (Fsp3) is 0.556. The van der Waals surface area contributed by atoms with E-state index in [1.165, 1.54) is 25.7 Å². The fourth-order valence-corrected chi connectivity index (χ4v) is 2.38. The van der Waals surface area contributed by atoms with E-state index in [9.17, 15) is 0 Å². The van der Waals surface area contributed by atoms with Crippen molar-refractivity contribution in [3.05, 3.63) is 24.3 Å². The molecule has 0 spiro atoms. The minimum Gasteiger partial charge on any atom is -0.496 e. The van der Waals surface area contributed by atoms with Gasteiger partial charge < -0.3 is 14.4 Å². The molecule has 0 saturated heterocycles. The van der Waals surface area contributed by atoms with Crippen molar-refractivity contribution in [2.45, 2.75) is 39.5 Å². The van der Waals surface area contributed by atoms with Crippen LogP contribution in [0.5, 0.6) is 11.5 Å². The van der Waals surface area contributed by atoms with E-state index in [1.807, 2.05) is 0 Å². The Bertz CT molecular complexity index is 410. The van der Waals surface area contributed by atoms with E-state index in [0.717, 1.165) is 35.8 Å². The molecule has 3 heteroatoms. The minimum absolute atomic E-state index is 0.817. The summed E-state index contributed by atoms with van der Waals surface area (Å²) in [5.41, 5.74) is 2.07. The smallest absolute Gasteiger partial charge is 0.131 e. The largest absolute Gasteiger partial charge is 0.496 e. The number of rotatable bonds is 10. The second-order valence-electron chi connectivity index (χ2n) is 5.16. The van der Waals surface area contributed by atoms with Crippen molar-refractivity contribution in [1.82, 2.24) is 0 Å². The molecule has 0 amide bonds. The van der Waals surface area contributed by atoms with Crippen LogP contribution in [-0.2, 0) is 0 Å². The Kier molecular flexibility index (Phi) is 7.73. The first-order valence-electron chi connectivity index (χ1n) is 7.85. The molecule has 0 aliphatic carbocycles. The molecule has 0 unspecified atom stereocenters. The maximum Gasteiger partial charge on any atom is 0.131 e. The van der Waals surface area contributed by atoms with Crippen LogP contribution in [0.25, 0.3) is 6.08 Å². The zero-order valence-electron chi connectivity index (χ0n) is 13.9. The van der Waals surface area contributed by atoms with Crippen molar-refractivity contribution in [3.8, 4) is 11.5 Å². The molecule has 0 radical (unpaired) electrons. The average Bonchev–Trinajstić information content (AvgIpc) is 2.53. The first kappa shape index (κ1) is 17.4. The summed E-state index contributed by atoms with van der Waals surface area (Å²) < 4.78 is 11.0. The highest BCUT2D eigenvalue weighted by molar-refractivity contribution is 5.69. The normalized spacial score (nSPS) is 10.3. The van der Waals surface area contributed by atoms with Crippen molar-refractivity contribution >= 4 is 11.8 Å². The van der Waals surface area contributed by atoms with Gasteiger partial charge in [0.25, 0.3) is 0 Å². The summed E-state index contributed by atoms with van der Waals surface area (Å²) in [5, 5.41) is 0. The molecule has 3 nitrogen and oxygen atoms in total. The third kappa shape index (κ3) is 4.69. The monoisotopic (exact) mass is 291 g/mol. The molecule has 0 aliphatic rings. The van der Waals surface area contributed by atoms with Gasteiger partial charge in [0, 0.05) is 30.9 Å². The predicted octanol–water partition coefficient (Wildman–Crippen LogP) is 4.75. The van der Waals surface area contributed by atoms with Crippen LogP contribution >= 0.6 is 0 Å². The SMILES string of the molecule is C=Cc1c(OC)cc(N(CCCC)CCCC)cc1OC. The second-order valence-corrected chi connectivity index (χ2v) is 5.16. The minimum atomic E-state index is 0.817. The second kappa shape index (κ2) is 9.32. The number of hydrogen-bond donors (Lipinski definition) is 0. The standard InChI is InChI=1S/C18H29NO2/c1-6-9-11-19(12-10-7-2)15-13-17(20-4)16(8-3)18(14-15)21-5/h8,13-14H,3,6-7,9-12H2,1-2,4-5H3. The van der Waals surface area contributed by atoms with Gasteiger partial charge in [-0.25, -0.2) is 0 Å². The first-order chi connectivity index (χ1) is 10.2. The zero-order valence-corrected chi connectivity index (χ0v) is 13.9. The van der Waals surface area contributed by atoms with E-state index < -0.39 is 0 Å². The maximum atomic E-state index is 5.50. The fourth-order valence-electron chi connectivity index (χ4n) is 2.38. The highest BCUT2D eigenvalue weighted by Gasteiger charge is 2.14. The summed E-state index contributed by atoms with van der Waals surface area (Å²) in [6, 6.07) is 4.18. The predicted molar refractivity (Wildman–Crippen MR) is 91.7 cm³/mol. The van der Waals surface area contributed by atoms with Gasteiger partial charge in [0.1, 0.15) is 11.5 Å². The van der Waals surface area contributed by atoms with E-state index >= 15 is 0 Å². The molecule has 0 aliphatic heterocycles. The highest BCUT2D eigenvalue weighted by atomic mass is 16.5. The summed E-state index contributed by atoms with van der Waals surface area (Å²) in [7, 11) is 3.38. The Balaban J connectivity index is 3.13. The van der Waals surface area contributed by atoms with E-state index in [1.54, 1.807) is 20.3 Å². The molecule has 0 aromatic heterocycles. The third-order valence-corrected chi connectivity index (χ3v) is 3.66. The summed E-state index contributed by atoms with van der Waals surface area (Å²) in [6.45, 7) is 10.4. The Labute approximate surface area is 129 Å². The quantitative estimate of drug-likeness (QED) is 0.620. The molecule has 0 atom stereocenters. The van der Waals surface area contributed by atoms with Gasteiger partial charge in [-0.2, -0.15) is 0 Å². The molecule has 0 heterocycles. The topological polar surface area (TPSA) is 21.7 Å². The van der Waals surface area contributed by atoms with Crippen molar-refractivity contribution in [3.63, 3.8) is 0 Å². The Morgan fingerprint density at radius 3 is 1.81 bits per heavy atom. The lowest BCUT2D eigenvalue weighted by Crippen LogP contribution is -2.25. The molecule has 1 aromatic carbocycles. The van der Waals surface area contributed by atoms with E-state index in [4.69, 9.17) is 9.47 Å². The third-order valence-electron chi connectivity index (χ3n) is 3.66. The van der Waals surface area contributed by atoms with E-state index in [2.05, 4.69) is 37.5 Å². The molecule has 0 bridgehead atoms. The zero-order chi connectivity index (χ0) is 15.7. The van der Waals surface area contributed by atoms with E-state index in [-0.39, 0.29) is 0 Å². The van der Waals surface area contributed by atoms with Crippen LogP contribution in [0.2, 0.25) is 0 Å². The lowest BCUT2D eigenvalue weighted by molar-refractivity contribution is 0.392. The van der Waals surface area contributed by atoms with Crippen LogP contribution in [0, 0.1) is 0 Å². The highest BCUT2D eigenvalue weighted by Crippen LogP contribution is 2.35. The Morgan fingerprint density at radius 1 is 1.00 bits per heavy atom. The molecule has 118 valence electrons. The lowest BCUT2D eigenvalue weighted by atomic mass is 10.1. The molecule has 0 saturated carbocycles. The number of hydrogen-bond acceptors (Lipinski definition) is 3. The van der Waals surface area contributed by atoms with Gasteiger partial charge >= 0.3 is 0 Å². The van der Waals surface area contributed by atoms with Crippen LogP contribution in [0.15, 0.2) is 18.7 Å². The number of methoxy groups -OCH3 is 2. The van der Waals surface area contributed by atoms with Gasteiger partial charge in [0.15, 0.2) is 0 Å². The molecular formula is C18H29NO2. The average molecular weight is 291 g/mol. The first-order valence-corrected chi connectivity index (χ1v) is 7.85. The molecule has 0 fully saturated rings. The molecule has 1 aromatic rings. The van der Waals surface area contributed by atoms with Gasteiger partial charge in [0.2, 0.25) is 0 Å².